The molecule has 1 aromatic carbocycles. The van der Waals surface area contributed by atoms with Gasteiger partial charge in [0.1, 0.15) is 5.92 Å². The van der Waals surface area contributed by atoms with Crippen molar-refractivity contribution in [3.05, 3.63) is 55.6 Å². The second-order valence-electron chi connectivity index (χ2n) is 4.51. The maximum Gasteiger partial charge on any atom is 0.382 e. The number of carbonyl (C=O) groups is 1. The zero-order valence-corrected chi connectivity index (χ0v) is 11.7. The summed E-state index contributed by atoms with van der Waals surface area (Å²) in [5.74, 6) is -2.23. The summed E-state index contributed by atoms with van der Waals surface area (Å²) in [6.45, 7) is 2.60. The number of aryl methyl sites for hydroxylation is 1. The number of ether oxygens (including phenoxy) is 1. The molecule has 0 fully saturated rings. The third kappa shape index (κ3) is 4.51. The quantitative estimate of drug-likeness (QED) is 0.428. The second kappa shape index (κ2) is 7.32. The number of esters is 1. The summed E-state index contributed by atoms with van der Waals surface area (Å²) < 4.78 is 4.67. The SMILES string of the molecule is CCOC(=O)C(C(C[N+](=O)[O-])c1ccc(C)cc1)[N+](=O)[O-]. The molecular formula is C13H16N2O6. The molecule has 0 aromatic heterocycles. The number of nitro groups is 2. The smallest absolute Gasteiger partial charge is 0.382 e. The Morgan fingerprint density at radius 2 is 1.81 bits per heavy atom. The van der Waals surface area contributed by atoms with Gasteiger partial charge in [0.25, 0.3) is 0 Å². The van der Waals surface area contributed by atoms with Crippen molar-refractivity contribution >= 4 is 5.97 Å². The van der Waals surface area contributed by atoms with Crippen LogP contribution in [0.1, 0.15) is 24.0 Å². The van der Waals surface area contributed by atoms with E-state index in [4.69, 9.17) is 0 Å². The molecule has 0 aliphatic carbocycles. The van der Waals surface area contributed by atoms with Gasteiger partial charge in [0.05, 0.1) is 6.61 Å². The van der Waals surface area contributed by atoms with E-state index >= 15 is 0 Å². The van der Waals surface area contributed by atoms with Crippen LogP contribution in [0.15, 0.2) is 24.3 Å². The van der Waals surface area contributed by atoms with Crippen LogP contribution >= 0.6 is 0 Å². The van der Waals surface area contributed by atoms with Crippen LogP contribution in [0.2, 0.25) is 0 Å². The minimum Gasteiger partial charge on any atom is -0.461 e. The number of carbonyl (C=O) groups excluding carboxylic acids is 1. The van der Waals surface area contributed by atoms with Crippen LogP contribution in [-0.2, 0) is 9.53 Å². The van der Waals surface area contributed by atoms with E-state index < -0.39 is 34.3 Å². The molecule has 2 atom stereocenters. The van der Waals surface area contributed by atoms with Gasteiger partial charge >= 0.3 is 12.0 Å². The fourth-order valence-corrected chi connectivity index (χ4v) is 1.99. The van der Waals surface area contributed by atoms with Gasteiger partial charge in [-0.05, 0) is 19.4 Å². The maximum atomic E-state index is 11.8. The molecule has 0 aliphatic rings. The highest BCUT2D eigenvalue weighted by Gasteiger charge is 2.44. The fourth-order valence-electron chi connectivity index (χ4n) is 1.99. The number of hydrogen-bond acceptors (Lipinski definition) is 6. The van der Waals surface area contributed by atoms with Gasteiger partial charge in [-0.25, -0.2) is 4.79 Å². The van der Waals surface area contributed by atoms with E-state index in [2.05, 4.69) is 4.74 Å². The molecule has 0 spiro atoms. The standard InChI is InChI=1S/C13H16N2O6/c1-3-21-13(16)12(15(19)20)11(8-14(17)18)10-6-4-9(2)5-7-10/h4-7,11-12H,3,8H2,1-2H3. The van der Waals surface area contributed by atoms with Crippen LogP contribution in [0.4, 0.5) is 0 Å². The van der Waals surface area contributed by atoms with Crippen LogP contribution in [0, 0.1) is 27.2 Å². The largest absolute Gasteiger partial charge is 0.461 e. The van der Waals surface area contributed by atoms with Crippen LogP contribution in [0.5, 0.6) is 0 Å². The van der Waals surface area contributed by atoms with Gasteiger partial charge in [0, 0.05) is 9.85 Å². The topological polar surface area (TPSA) is 113 Å². The fraction of sp³-hybridized carbons (Fsp3) is 0.462. The third-order valence-corrected chi connectivity index (χ3v) is 2.99. The lowest BCUT2D eigenvalue weighted by atomic mass is 9.91. The van der Waals surface area contributed by atoms with Gasteiger partial charge in [0.2, 0.25) is 6.54 Å². The van der Waals surface area contributed by atoms with Crippen LogP contribution in [0.3, 0.4) is 0 Å². The lowest BCUT2D eigenvalue weighted by Crippen LogP contribution is -2.40. The molecule has 0 saturated heterocycles. The molecule has 1 rings (SSSR count). The highest BCUT2D eigenvalue weighted by molar-refractivity contribution is 5.75. The monoisotopic (exact) mass is 296 g/mol. The Bertz CT molecular complexity index is 528. The summed E-state index contributed by atoms with van der Waals surface area (Å²) in [4.78, 5) is 32.2. The number of nitrogens with zero attached hydrogens (tertiary/aromatic N) is 2. The predicted molar refractivity (Wildman–Crippen MR) is 73.2 cm³/mol. The normalized spacial score (nSPS) is 13.2. The second-order valence-corrected chi connectivity index (χ2v) is 4.51. The molecule has 21 heavy (non-hydrogen) atoms. The van der Waals surface area contributed by atoms with E-state index in [1.165, 1.54) is 6.92 Å². The van der Waals surface area contributed by atoms with Gasteiger partial charge in [0.15, 0.2) is 0 Å². The van der Waals surface area contributed by atoms with Crippen molar-refractivity contribution in [1.29, 1.82) is 0 Å². The first-order valence-electron chi connectivity index (χ1n) is 6.35. The summed E-state index contributed by atoms with van der Waals surface area (Å²) in [6, 6.07) is 4.69. The van der Waals surface area contributed by atoms with Crippen molar-refractivity contribution in [3.8, 4) is 0 Å². The molecule has 0 aliphatic heterocycles. The average molecular weight is 296 g/mol. The Balaban J connectivity index is 3.19. The van der Waals surface area contributed by atoms with Crippen LogP contribution in [0.25, 0.3) is 0 Å². The van der Waals surface area contributed by atoms with E-state index in [0.29, 0.717) is 5.56 Å². The first-order valence-corrected chi connectivity index (χ1v) is 6.35. The molecular weight excluding hydrogens is 280 g/mol. The Hall–Kier alpha value is -2.51. The third-order valence-electron chi connectivity index (χ3n) is 2.99. The van der Waals surface area contributed by atoms with E-state index in [1.807, 2.05) is 6.92 Å². The van der Waals surface area contributed by atoms with Crippen LogP contribution in [-0.4, -0.2) is 35.0 Å². The summed E-state index contributed by atoms with van der Waals surface area (Å²) in [7, 11) is 0. The van der Waals surface area contributed by atoms with Crippen LogP contribution < -0.4 is 0 Å². The Kier molecular flexibility index (Phi) is 5.77. The Morgan fingerprint density at radius 3 is 2.24 bits per heavy atom. The van der Waals surface area contributed by atoms with Gasteiger partial charge in [-0.1, -0.05) is 29.8 Å². The minimum atomic E-state index is -1.79. The summed E-state index contributed by atoms with van der Waals surface area (Å²) >= 11 is 0. The summed E-state index contributed by atoms with van der Waals surface area (Å²) in [5.41, 5.74) is 1.28. The van der Waals surface area contributed by atoms with Crippen molar-refractivity contribution in [2.24, 2.45) is 0 Å². The predicted octanol–water partition coefficient (Wildman–Crippen LogP) is 1.56. The average Bonchev–Trinajstić information content (AvgIpc) is 2.38. The molecule has 0 amide bonds. The van der Waals surface area contributed by atoms with Crippen molar-refractivity contribution in [3.63, 3.8) is 0 Å². The van der Waals surface area contributed by atoms with Gasteiger partial charge in [-0.3, -0.25) is 20.2 Å². The van der Waals surface area contributed by atoms with E-state index in [0.717, 1.165) is 5.56 Å². The molecule has 0 heterocycles. The zero-order valence-electron chi connectivity index (χ0n) is 11.7. The Labute approximate surface area is 121 Å². The molecule has 0 N–H and O–H groups in total. The molecule has 8 nitrogen and oxygen atoms in total. The maximum absolute atomic E-state index is 11.8. The van der Waals surface area contributed by atoms with Gasteiger partial charge < -0.3 is 4.74 Å². The molecule has 8 heteroatoms. The van der Waals surface area contributed by atoms with Crippen molar-refractivity contribution in [2.75, 3.05) is 13.2 Å². The highest BCUT2D eigenvalue weighted by Crippen LogP contribution is 2.24. The van der Waals surface area contributed by atoms with Crippen molar-refractivity contribution in [1.82, 2.24) is 0 Å². The molecule has 114 valence electrons. The molecule has 2 unspecified atom stereocenters. The number of hydrogen-bond donors (Lipinski definition) is 0. The highest BCUT2D eigenvalue weighted by atomic mass is 16.6. The lowest BCUT2D eigenvalue weighted by molar-refractivity contribution is -0.537. The first-order chi connectivity index (χ1) is 9.86. The van der Waals surface area contributed by atoms with E-state index in [-0.39, 0.29) is 6.61 Å². The summed E-state index contributed by atoms with van der Waals surface area (Å²) in [6.07, 6.45) is 0. The molecule has 0 bridgehead atoms. The minimum absolute atomic E-state index is 0.0255. The van der Waals surface area contributed by atoms with E-state index in [9.17, 15) is 25.0 Å². The van der Waals surface area contributed by atoms with Crippen molar-refractivity contribution < 1.29 is 19.4 Å². The summed E-state index contributed by atoms with van der Waals surface area (Å²) in [5, 5.41) is 21.9. The number of rotatable bonds is 7. The Morgan fingerprint density at radius 1 is 1.24 bits per heavy atom. The lowest BCUT2D eigenvalue weighted by Gasteiger charge is -2.17. The number of benzene rings is 1. The molecule has 0 saturated carbocycles. The first kappa shape index (κ1) is 16.5. The van der Waals surface area contributed by atoms with Gasteiger partial charge in [-0.15, -0.1) is 0 Å². The zero-order chi connectivity index (χ0) is 16.0. The molecule has 0 radical (unpaired) electrons. The van der Waals surface area contributed by atoms with E-state index in [1.54, 1.807) is 24.3 Å². The van der Waals surface area contributed by atoms with Gasteiger partial charge in [-0.2, -0.15) is 0 Å². The van der Waals surface area contributed by atoms with Crippen molar-refractivity contribution in [2.45, 2.75) is 25.8 Å². The molecule has 1 aromatic rings.